The number of H-pyrrole nitrogens is 1. The van der Waals surface area contributed by atoms with Crippen LogP contribution in [0.3, 0.4) is 0 Å². The van der Waals surface area contributed by atoms with Gasteiger partial charge in [0.1, 0.15) is 5.41 Å². The molecule has 0 bridgehead atoms. The second-order valence-corrected chi connectivity index (χ2v) is 11.7. The van der Waals surface area contributed by atoms with E-state index in [9.17, 15) is 13.8 Å². The van der Waals surface area contributed by atoms with E-state index < -0.39 is 27.4 Å². The molecule has 3 N–H and O–H groups in total. The van der Waals surface area contributed by atoms with Crippen molar-refractivity contribution in [2.75, 3.05) is 30.3 Å². The average Bonchev–Trinajstić information content (AvgIpc) is 3.46. The fourth-order valence-corrected chi connectivity index (χ4v) is 6.50. The van der Waals surface area contributed by atoms with E-state index in [4.69, 9.17) is 4.74 Å². The van der Waals surface area contributed by atoms with Gasteiger partial charge in [0.2, 0.25) is 5.91 Å². The number of esters is 1. The number of benzene rings is 3. The van der Waals surface area contributed by atoms with Gasteiger partial charge in [-0.25, -0.2) is 4.79 Å². The third kappa shape index (κ3) is 4.41. The van der Waals surface area contributed by atoms with Gasteiger partial charge in [0.25, 0.3) is 0 Å². The largest absolute Gasteiger partial charge is 0.466 e. The Hall–Kier alpha value is -3.82. The Morgan fingerprint density at radius 3 is 2.37 bits per heavy atom. The number of amides is 1. The lowest BCUT2D eigenvalue weighted by Gasteiger charge is -2.40. The summed E-state index contributed by atoms with van der Waals surface area (Å²) in [6.07, 6.45) is 6.65. The average molecular weight is 546 g/mol. The maximum absolute atomic E-state index is 14.1. The normalized spacial score (nSPS) is 20.7. The van der Waals surface area contributed by atoms with Crippen LogP contribution in [0.5, 0.6) is 0 Å². The predicted molar refractivity (Wildman–Crippen MR) is 154 cm³/mol. The van der Waals surface area contributed by atoms with Crippen molar-refractivity contribution < 1.29 is 18.5 Å². The van der Waals surface area contributed by atoms with Crippen LogP contribution in [0.1, 0.15) is 11.1 Å². The molecule has 2 aliphatic heterocycles. The molecule has 0 saturated carbocycles. The third-order valence-electron chi connectivity index (χ3n) is 6.53. The first-order valence-corrected chi connectivity index (χ1v) is 14.8. The molecule has 3 aromatic carbocycles. The molecule has 0 spiro atoms. The summed E-state index contributed by atoms with van der Waals surface area (Å²) in [5.74, 6) is -0.610. The molecule has 1 aromatic heterocycles. The molecule has 0 aliphatic carbocycles. The van der Waals surface area contributed by atoms with Gasteiger partial charge in [0, 0.05) is 62.8 Å². The Balaban J connectivity index is 0.000000689. The molecule has 38 heavy (non-hydrogen) atoms. The SMILES string of the molecule is COC(=O)/C=C1\Nc2ccccc2S[C@H]1[C@@]1(c2c[nH]c3ccccc23)C(=O)Nc2ccccc21.CS(C)=O. The number of hydrogen-bond acceptors (Lipinski definition) is 6. The highest BCUT2D eigenvalue weighted by Gasteiger charge is 2.57. The summed E-state index contributed by atoms with van der Waals surface area (Å²) in [7, 11) is 0.741. The van der Waals surface area contributed by atoms with E-state index in [1.807, 2.05) is 79.0 Å². The van der Waals surface area contributed by atoms with Crippen molar-refractivity contribution in [1.29, 1.82) is 0 Å². The number of aromatic amines is 1. The molecular formula is C29H27N3O4S2. The predicted octanol–water partition coefficient (Wildman–Crippen LogP) is 5.04. The highest BCUT2D eigenvalue weighted by molar-refractivity contribution is 8.00. The molecular weight excluding hydrogens is 518 g/mol. The fraction of sp³-hybridized carbons (Fsp3) is 0.172. The van der Waals surface area contributed by atoms with E-state index in [1.165, 1.54) is 13.2 Å². The summed E-state index contributed by atoms with van der Waals surface area (Å²) in [5, 5.41) is 7.05. The van der Waals surface area contributed by atoms with Crippen molar-refractivity contribution in [3.8, 4) is 0 Å². The van der Waals surface area contributed by atoms with E-state index in [2.05, 4.69) is 15.6 Å². The number of fused-ring (bicyclic) bond motifs is 3. The minimum atomic E-state index is -1.10. The smallest absolute Gasteiger partial charge is 0.332 e. The molecule has 3 heterocycles. The molecule has 194 valence electrons. The number of hydrogen-bond donors (Lipinski definition) is 3. The van der Waals surface area contributed by atoms with E-state index in [0.717, 1.165) is 38.3 Å². The van der Waals surface area contributed by atoms with Crippen LogP contribution in [0.25, 0.3) is 10.9 Å². The molecule has 9 heteroatoms. The zero-order valence-electron chi connectivity index (χ0n) is 21.1. The molecule has 2 atom stereocenters. The van der Waals surface area contributed by atoms with Gasteiger partial charge in [-0.3, -0.25) is 9.00 Å². The highest BCUT2D eigenvalue weighted by atomic mass is 32.2. The standard InChI is InChI=1S/C27H21N3O3S.C2H6OS/c1-33-24(31)14-22-25(34-23-13-7-6-12-21(23)29-22)27(17-9-3-5-11-20(17)30-26(27)32)18-15-28-19-10-4-2-8-16(18)19;1-4(2)3/h2-15,25,28-29H,1H3,(H,30,32);1-2H3/b22-14-;/t25-,27-;/m1./s1. The van der Waals surface area contributed by atoms with E-state index >= 15 is 0 Å². The monoisotopic (exact) mass is 545 g/mol. The van der Waals surface area contributed by atoms with E-state index in [0.29, 0.717) is 5.70 Å². The van der Waals surface area contributed by atoms with Gasteiger partial charge in [0.15, 0.2) is 0 Å². The van der Waals surface area contributed by atoms with Crippen LogP contribution in [-0.2, 0) is 30.5 Å². The Kier molecular flexibility index (Phi) is 7.14. The number of anilines is 2. The van der Waals surface area contributed by atoms with Crippen LogP contribution in [0.4, 0.5) is 11.4 Å². The second kappa shape index (κ2) is 10.5. The number of para-hydroxylation sites is 3. The van der Waals surface area contributed by atoms with Crippen LogP contribution in [0.2, 0.25) is 0 Å². The minimum Gasteiger partial charge on any atom is -0.466 e. The van der Waals surface area contributed by atoms with Crippen molar-refractivity contribution >= 4 is 56.7 Å². The molecule has 1 amide bonds. The quantitative estimate of drug-likeness (QED) is 0.246. The molecule has 6 rings (SSSR count). The minimum absolute atomic E-state index is 0.132. The number of thioether (sulfide) groups is 1. The molecule has 0 unspecified atom stereocenters. The van der Waals surface area contributed by atoms with Crippen LogP contribution in [-0.4, -0.2) is 45.9 Å². The van der Waals surface area contributed by atoms with E-state index in [1.54, 1.807) is 24.3 Å². The van der Waals surface area contributed by atoms with Crippen molar-refractivity contribution in [1.82, 2.24) is 4.98 Å². The Morgan fingerprint density at radius 1 is 0.947 bits per heavy atom. The summed E-state index contributed by atoms with van der Waals surface area (Å²) in [4.78, 5) is 30.9. The number of ether oxygens (including phenoxy) is 1. The lowest BCUT2D eigenvalue weighted by molar-refractivity contribution is -0.135. The molecule has 0 radical (unpaired) electrons. The molecule has 4 aromatic rings. The summed E-state index contributed by atoms with van der Waals surface area (Å²) in [5.41, 5.74) is 3.87. The molecule has 2 aliphatic rings. The summed E-state index contributed by atoms with van der Waals surface area (Å²) in [6, 6.07) is 23.6. The van der Waals surface area contributed by atoms with Crippen LogP contribution in [0.15, 0.2) is 95.7 Å². The molecule has 0 fully saturated rings. The van der Waals surface area contributed by atoms with Crippen LogP contribution in [0, 0.1) is 0 Å². The maximum Gasteiger partial charge on any atom is 0.332 e. The topological polar surface area (TPSA) is 100 Å². The van der Waals surface area contributed by atoms with E-state index in [-0.39, 0.29) is 5.91 Å². The lowest BCUT2D eigenvalue weighted by Crippen LogP contribution is -2.48. The van der Waals surface area contributed by atoms with Gasteiger partial charge in [-0.05, 0) is 35.4 Å². The zero-order chi connectivity index (χ0) is 26.9. The van der Waals surface area contributed by atoms with Gasteiger partial charge in [-0.15, -0.1) is 11.8 Å². The summed E-state index contributed by atoms with van der Waals surface area (Å²) in [6.45, 7) is 0. The lowest BCUT2D eigenvalue weighted by atomic mass is 9.71. The summed E-state index contributed by atoms with van der Waals surface area (Å²) >= 11 is 1.57. The van der Waals surface area contributed by atoms with Crippen molar-refractivity contribution in [2.24, 2.45) is 0 Å². The molecule has 7 nitrogen and oxygen atoms in total. The first kappa shape index (κ1) is 25.8. The number of aromatic nitrogens is 1. The van der Waals surface area contributed by atoms with Gasteiger partial charge in [-0.1, -0.05) is 48.5 Å². The Bertz CT molecular complexity index is 1590. The number of nitrogens with one attached hydrogen (secondary N) is 3. The number of methoxy groups -OCH3 is 1. The number of carbonyl (C=O) groups is 2. The van der Waals surface area contributed by atoms with Crippen LogP contribution < -0.4 is 10.6 Å². The maximum atomic E-state index is 14.1. The Labute approximate surface area is 227 Å². The number of rotatable bonds is 3. The zero-order valence-corrected chi connectivity index (χ0v) is 22.7. The van der Waals surface area contributed by atoms with Crippen molar-refractivity contribution in [3.63, 3.8) is 0 Å². The molecule has 0 saturated heterocycles. The third-order valence-corrected chi connectivity index (χ3v) is 7.99. The first-order chi connectivity index (χ1) is 18.4. The first-order valence-electron chi connectivity index (χ1n) is 11.9. The Morgan fingerprint density at radius 2 is 1.61 bits per heavy atom. The highest BCUT2D eigenvalue weighted by Crippen LogP contribution is 2.56. The van der Waals surface area contributed by atoms with Gasteiger partial charge < -0.3 is 20.4 Å². The second-order valence-electron chi connectivity index (χ2n) is 9.04. The summed E-state index contributed by atoms with van der Waals surface area (Å²) < 4.78 is 14.5. The van der Waals surface area contributed by atoms with Crippen molar-refractivity contribution in [2.45, 2.75) is 15.6 Å². The van der Waals surface area contributed by atoms with Gasteiger partial charge >= 0.3 is 5.97 Å². The number of carbonyl (C=O) groups excluding carboxylic acids is 2. The fourth-order valence-electron chi connectivity index (χ4n) is 5.05. The van der Waals surface area contributed by atoms with Crippen molar-refractivity contribution in [3.05, 3.63) is 102 Å². The van der Waals surface area contributed by atoms with Crippen LogP contribution >= 0.6 is 11.8 Å². The van der Waals surface area contributed by atoms with Gasteiger partial charge in [0.05, 0.1) is 18.0 Å². The van der Waals surface area contributed by atoms with Gasteiger partial charge in [-0.2, -0.15) is 0 Å².